The molecule has 1 saturated heterocycles. The zero-order chi connectivity index (χ0) is 30.2. The first-order valence-electron chi connectivity index (χ1n) is 13.2. The SMILES string of the molecule is COc1ccc(Cc2cnc(C(=O)Nc3ccc(C(=O)N4CC[C@H](NC(=O)CCOCCN)C4)c(Cl)c3)[nH]2)c(F)c1F. The Hall–Kier alpha value is -4.07. The number of H-pyrrole nitrogens is 1. The zero-order valence-corrected chi connectivity index (χ0v) is 23.6. The van der Waals surface area contributed by atoms with E-state index in [2.05, 4.69) is 20.6 Å². The molecule has 1 fully saturated rings. The second-order valence-corrected chi connectivity index (χ2v) is 10.0. The third-order valence-corrected chi connectivity index (χ3v) is 6.92. The molecule has 1 atom stereocenters. The molecule has 11 nitrogen and oxygen atoms in total. The lowest BCUT2D eigenvalue weighted by molar-refractivity contribution is -0.122. The number of rotatable bonds is 12. The summed E-state index contributed by atoms with van der Waals surface area (Å²) in [6.45, 7) is 1.86. The highest BCUT2D eigenvalue weighted by atomic mass is 35.5. The number of nitrogens with one attached hydrogen (secondary N) is 3. The van der Waals surface area contributed by atoms with E-state index in [1.807, 2.05) is 0 Å². The Morgan fingerprint density at radius 3 is 2.74 bits per heavy atom. The van der Waals surface area contributed by atoms with Gasteiger partial charge in [-0.25, -0.2) is 9.37 Å². The molecule has 224 valence electrons. The van der Waals surface area contributed by atoms with Gasteiger partial charge in [0.15, 0.2) is 17.4 Å². The van der Waals surface area contributed by atoms with Crippen molar-refractivity contribution >= 4 is 35.0 Å². The van der Waals surface area contributed by atoms with Crippen LogP contribution < -0.4 is 21.1 Å². The van der Waals surface area contributed by atoms with Crippen molar-refractivity contribution in [2.24, 2.45) is 5.73 Å². The van der Waals surface area contributed by atoms with E-state index in [0.717, 1.165) is 0 Å². The maximum Gasteiger partial charge on any atom is 0.291 e. The number of aromatic amines is 1. The van der Waals surface area contributed by atoms with E-state index in [1.54, 1.807) is 4.90 Å². The topological polar surface area (TPSA) is 152 Å². The largest absolute Gasteiger partial charge is 0.494 e. The fraction of sp³-hybridized carbons (Fsp3) is 0.357. The van der Waals surface area contributed by atoms with E-state index >= 15 is 0 Å². The number of nitrogens with two attached hydrogens (primary N) is 1. The average molecular weight is 605 g/mol. The summed E-state index contributed by atoms with van der Waals surface area (Å²) in [6, 6.07) is 7.03. The number of imidazole rings is 1. The van der Waals surface area contributed by atoms with Crippen molar-refractivity contribution in [3.63, 3.8) is 0 Å². The Bertz CT molecular complexity index is 1450. The molecule has 3 aromatic rings. The smallest absolute Gasteiger partial charge is 0.291 e. The fourth-order valence-electron chi connectivity index (χ4n) is 4.48. The van der Waals surface area contributed by atoms with Crippen LogP contribution in [-0.2, 0) is 16.0 Å². The first-order chi connectivity index (χ1) is 20.2. The van der Waals surface area contributed by atoms with Crippen molar-refractivity contribution in [3.8, 4) is 5.75 Å². The van der Waals surface area contributed by atoms with Crippen LogP contribution in [0, 0.1) is 11.6 Å². The summed E-state index contributed by atoms with van der Waals surface area (Å²) in [4.78, 5) is 46.3. The van der Waals surface area contributed by atoms with Crippen LogP contribution in [0.5, 0.6) is 5.75 Å². The number of carbonyl (C=O) groups excluding carboxylic acids is 3. The molecule has 1 aromatic heterocycles. The van der Waals surface area contributed by atoms with Gasteiger partial charge in [0, 0.05) is 56.1 Å². The summed E-state index contributed by atoms with van der Waals surface area (Å²) in [7, 11) is 1.24. The number of hydrogen-bond donors (Lipinski definition) is 4. The van der Waals surface area contributed by atoms with E-state index in [0.29, 0.717) is 44.0 Å². The molecule has 0 radical (unpaired) electrons. The Morgan fingerprint density at radius 2 is 2.00 bits per heavy atom. The number of halogens is 3. The van der Waals surface area contributed by atoms with Crippen molar-refractivity contribution < 1.29 is 32.6 Å². The van der Waals surface area contributed by atoms with Gasteiger partial charge in [-0.05, 0) is 36.2 Å². The number of aromatic nitrogens is 2. The van der Waals surface area contributed by atoms with E-state index < -0.39 is 17.5 Å². The molecule has 0 bridgehead atoms. The van der Waals surface area contributed by atoms with Gasteiger partial charge in [-0.3, -0.25) is 14.4 Å². The normalized spacial score (nSPS) is 14.6. The number of anilines is 1. The molecule has 14 heteroatoms. The molecular formula is C28H31ClF2N6O5. The molecule has 42 heavy (non-hydrogen) atoms. The minimum Gasteiger partial charge on any atom is -0.494 e. The lowest BCUT2D eigenvalue weighted by atomic mass is 10.1. The van der Waals surface area contributed by atoms with E-state index in [9.17, 15) is 23.2 Å². The lowest BCUT2D eigenvalue weighted by Gasteiger charge is -2.18. The molecule has 0 unspecified atom stereocenters. The second-order valence-electron chi connectivity index (χ2n) is 9.59. The van der Waals surface area contributed by atoms with Crippen molar-refractivity contribution in [3.05, 3.63) is 75.8 Å². The Kier molecular flexibility index (Phi) is 10.4. The van der Waals surface area contributed by atoms with Gasteiger partial charge in [0.1, 0.15) is 0 Å². The van der Waals surface area contributed by atoms with Gasteiger partial charge in [-0.2, -0.15) is 4.39 Å². The Labute approximate surface area is 245 Å². The predicted octanol–water partition coefficient (Wildman–Crippen LogP) is 2.89. The summed E-state index contributed by atoms with van der Waals surface area (Å²) in [5.74, 6) is -3.44. The maximum absolute atomic E-state index is 14.3. The van der Waals surface area contributed by atoms with Crippen molar-refractivity contribution in [2.45, 2.75) is 25.3 Å². The molecule has 2 aromatic carbocycles. The number of hydrogen-bond acceptors (Lipinski definition) is 7. The number of amides is 3. The van der Waals surface area contributed by atoms with Crippen LogP contribution >= 0.6 is 11.6 Å². The highest BCUT2D eigenvalue weighted by Gasteiger charge is 2.29. The summed E-state index contributed by atoms with van der Waals surface area (Å²) in [5.41, 5.74) is 6.39. The van der Waals surface area contributed by atoms with Gasteiger partial charge in [0.25, 0.3) is 11.8 Å². The van der Waals surface area contributed by atoms with Gasteiger partial charge >= 0.3 is 0 Å². The van der Waals surface area contributed by atoms with E-state index in [4.69, 9.17) is 26.8 Å². The zero-order valence-electron chi connectivity index (χ0n) is 22.8. The monoisotopic (exact) mass is 604 g/mol. The molecule has 3 amide bonds. The Balaban J connectivity index is 1.31. The van der Waals surface area contributed by atoms with Gasteiger partial charge in [0.05, 0.1) is 30.9 Å². The van der Waals surface area contributed by atoms with Crippen LogP contribution in [-0.4, -0.2) is 78.6 Å². The highest BCUT2D eigenvalue weighted by Crippen LogP contribution is 2.26. The van der Waals surface area contributed by atoms with Crippen molar-refractivity contribution in [2.75, 3.05) is 45.3 Å². The van der Waals surface area contributed by atoms with Gasteiger partial charge in [0.2, 0.25) is 11.7 Å². The van der Waals surface area contributed by atoms with Gasteiger partial charge in [-0.1, -0.05) is 17.7 Å². The molecule has 1 aliphatic rings. The first kappa shape index (κ1) is 30.9. The average Bonchev–Trinajstić information content (AvgIpc) is 3.64. The van der Waals surface area contributed by atoms with Gasteiger partial charge in [-0.15, -0.1) is 0 Å². The summed E-state index contributed by atoms with van der Waals surface area (Å²) in [6.07, 6.45) is 2.15. The third kappa shape index (κ3) is 7.60. The lowest BCUT2D eigenvalue weighted by Crippen LogP contribution is -2.38. The molecule has 4 rings (SSSR count). The molecular weight excluding hydrogens is 574 g/mol. The number of benzene rings is 2. The van der Waals surface area contributed by atoms with Crippen LogP contribution in [0.25, 0.3) is 0 Å². The summed E-state index contributed by atoms with van der Waals surface area (Å²) in [5, 5.41) is 5.69. The molecule has 0 saturated carbocycles. The quantitative estimate of drug-likeness (QED) is 0.232. The summed E-state index contributed by atoms with van der Waals surface area (Å²) < 4.78 is 38.3. The van der Waals surface area contributed by atoms with Crippen LogP contribution in [0.15, 0.2) is 36.5 Å². The van der Waals surface area contributed by atoms with E-state index in [-0.39, 0.29) is 65.0 Å². The van der Waals surface area contributed by atoms with E-state index in [1.165, 1.54) is 43.6 Å². The van der Waals surface area contributed by atoms with Crippen LogP contribution in [0.1, 0.15) is 45.1 Å². The minimum atomic E-state index is -1.09. The predicted molar refractivity (Wildman–Crippen MR) is 151 cm³/mol. The molecule has 5 N–H and O–H groups in total. The highest BCUT2D eigenvalue weighted by molar-refractivity contribution is 6.34. The van der Waals surface area contributed by atoms with Crippen LogP contribution in [0.4, 0.5) is 14.5 Å². The van der Waals surface area contributed by atoms with Crippen molar-refractivity contribution in [1.29, 1.82) is 0 Å². The van der Waals surface area contributed by atoms with Gasteiger partial charge < -0.3 is 35.7 Å². The van der Waals surface area contributed by atoms with Crippen molar-refractivity contribution in [1.82, 2.24) is 20.2 Å². The maximum atomic E-state index is 14.3. The number of nitrogens with zero attached hydrogens (tertiary/aromatic N) is 2. The van der Waals surface area contributed by atoms with Crippen LogP contribution in [0.2, 0.25) is 5.02 Å². The third-order valence-electron chi connectivity index (χ3n) is 6.60. The molecule has 0 aliphatic carbocycles. The number of likely N-dealkylation sites (tertiary alicyclic amines) is 1. The number of ether oxygens (including phenoxy) is 2. The van der Waals surface area contributed by atoms with Crippen LogP contribution in [0.3, 0.4) is 0 Å². The second kappa shape index (κ2) is 14.2. The molecule has 0 spiro atoms. The minimum absolute atomic E-state index is 0.0279. The first-order valence-corrected chi connectivity index (χ1v) is 13.6. The fourth-order valence-corrected chi connectivity index (χ4v) is 4.74. The molecule has 1 aliphatic heterocycles. The molecule has 2 heterocycles. The summed E-state index contributed by atoms with van der Waals surface area (Å²) >= 11 is 6.39. The Morgan fingerprint density at radius 1 is 1.19 bits per heavy atom. The number of carbonyl (C=O) groups is 3. The standard InChI is InChI=1S/C28H31ClF2N6O5/c1-41-22-5-2-16(24(30)25(22)31)12-19-14-33-26(35-19)27(39)36-17-3-4-20(21(29)13-17)28(40)37-9-6-18(15-37)34-23(38)7-10-42-11-8-32/h2-5,13-14,18H,6-12,15,32H2,1H3,(H,33,35)(H,34,38)(H,36,39)/t18-/m0/s1. The number of methoxy groups -OCH3 is 1.